The molecule has 0 aromatic rings. The van der Waals surface area contributed by atoms with Gasteiger partial charge in [-0.2, -0.15) is 0 Å². The molecule has 5 unspecified atom stereocenters. The van der Waals surface area contributed by atoms with Crippen molar-refractivity contribution in [2.45, 2.75) is 84.0 Å². The van der Waals surface area contributed by atoms with Gasteiger partial charge in [0.1, 0.15) is 18.1 Å². The van der Waals surface area contributed by atoms with Gasteiger partial charge in [0.15, 0.2) is 5.96 Å². The molecule has 36 heavy (non-hydrogen) atoms. The molecule has 0 aliphatic rings. The Hall–Kier alpha value is -3.42. The van der Waals surface area contributed by atoms with E-state index in [4.69, 9.17) is 22.3 Å². The van der Waals surface area contributed by atoms with Crippen LogP contribution in [0.1, 0.15) is 59.8 Å². The summed E-state index contributed by atoms with van der Waals surface area (Å²) in [7, 11) is 0. The highest BCUT2D eigenvalue weighted by Gasteiger charge is 2.32. The highest BCUT2D eigenvalue weighted by atomic mass is 16.4. The summed E-state index contributed by atoms with van der Waals surface area (Å²) < 4.78 is 0. The number of aliphatic imine (C=N–C) groups is 1. The van der Waals surface area contributed by atoms with E-state index in [2.05, 4.69) is 20.9 Å². The van der Waals surface area contributed by atoms with Gasteiger partial charge in [-0.25, -0.2) is 4.79 Å². The van der Waals surface area contributed by atoms with Gasteiger partial charge in [-0.3, -0.25) is 24.2 Å². The molecule has 0 heterocycles. The predicted molar refractivity (Wildman–Crippen MR) is 132 cm³/mol. The highest BCUT2D eigenvalue weighted by molar-refractivity contribution is 5.94. The Balaban J connectivity index is 5.75. The second-order valence-electron chi connectivity index (χ2n) is 8.98. The number of hydrogen-bond acceptors (Lipinski definition) is 7. The van der Waals surface area contributed by atoms with E-state index in [0.717, 1.165) is 0 Å². The minimum atomic E-state index is -1.28. The minimum Gasteiger partial charge on any atom is -0.481 e. The summed E-state index contributed by atoms with van der Waals surface area (Å²) in [5.74, 6) is -5.38. The predicted octanol–water partition coefficient (Wildman–Crippen LogP) is -1.53. The second-order valence-corrected chi connectivity index (χ2v) is 8.98. The molecule has 0 aliphatic carbocycles. The summed E-state index contributed by atoms with van der Waals surface area (Å²) in [4.78, 5) is 65.0. The second kappa shape index (κ2) is 16.3. The van der Waals surface area contributed by atoms with Crippen LogP contribution in [0.3, 0.4) is 0 Å². The number of aliphatic carboxylic acids is 2. The molecular weight excluding hydrogens is 474 g/mol. The zero-order valence-corrected chi connectivity index (χ0v) is 21.3. The van der Waals surface area contributed by atoms with Crippen LogP contribution in [0.5, 0.6) is 0 Å². The molecule has 11 N–H and O–H groups in total. The van der Waals surface area contributed by atoms with Gasteiger partial charge in [0.2, 0.25) is 17.7 Å². The van der Waals surface area contributed by atoms with Crippen molar-refractivity contribution in [1.82, 2.24) is 16.0 Å². The molecule has 14 nitrogen and oxygen atoms in total. The van der Waals surface area contributed by atoms with Crippen molar-refractivity contribution in [1.29, 1.82) is 0 Å². The van der Waals surface area contributed by atoms with Crippen LogP contribution >= 0.6 is 0 Å². The monoisotopic (exact) mass is 515 g/mol. The summed E-state index contributed by atoms with van der Waals surface area (Å²) in [6.07, 6.45) is 0.128. The summed E-state index contributed by atoms with van der Waals surface area (Å²) in [5, 5.41) is 25.9. The molecule has 14 heteroatoms. The Kier molecular flexibility index (Phi) is 14.7. The van der Waals surface area contributed by atoms with E-state index in [0.29, 0.717) is 6.42 Å². The summed E-state index contributed by atoms with van der Waals surface area (Å²) in [6, 6.07) is -4.60. The van der Waals surface area contributed by atoms with Gasteiger partial charge in [-0.1, -0.05) is 34.1 Å². The number of hydrogen-bond donors (Lipinski definition) is 8. The molecule has 0 aliphatic heterocycles. The van der Waals surface area contributed by atoms with Crippen LogP contribution < -0.4 is 33.2 Å². The van der Waals surface area contributed by atoms with Crippen LogP contribution in [0.4, 0.5) is 0 Å². The summed E-state index contributed by atoms with van der Waals surface area (Å²) >= 11 is 0. The molecule has 3 amide bonds. The first-order valence-electron chi connectivity index (χ1n) is 11.9. The normalized spacial score (nSPS) is 15.1. The number of carboxylic acid groups (broad SMARTS) is 2. The molecule has 0 spiro atoms. The SMILES string of the molecule is CCC(C)C(NC(=O)C(CCCN=C(N)N)NC(=O)C(CCC(=O)O)NC(=O)C(N)C(C)C)C(=O)O. The van der Waals surface area contributed by atoms with Crippen molar-refractivity contribution in [3.8, 4) is 0 Å². The third-order valence-electron chi connectivity index (χ3n) is 5.66. The first-order chi connectivity index (χ1) is 16.7. The fourth-order valence-corrected chi connectivity index (χ4v) is 3.09. The number of nitrogens with two attached hydrogens (primary N) is 3. The maximum atomic E-state index is 13.0. The zero-order valence-electron chi connectivity index (χ0n) is 21.3. The lowest BCUT2D eigenvalue weighted by atomic mass is 9.98. The number of nitrogens with one attached hydrogen (secondary N) is 3. The molecule has 206 valence electrons. The lowest BCUT2D eigenvalue weighted by molar-refractivity contribution is -0.144. The standard InChI is InChI=1S/C22H41N7O7/c1-5-12(4)17(21(35)36)29-19(33)13(7-6-10-26-22(24)25)27-18(32)14(8-9-15(30)31)28-20(34)16(23)11(2)3/h11-14,16-17H,5-10,23H2,1-4H3,(H,27,32)(H,28,34)(H,29,33)(H,30,31)(H,35,36)(H4,24,25,26). The lowest BCUT2D eigenvalue weighted by Gasteiger charge is -2.26. The van der Waals surface area contributed by atoms with Crippen LogP contribution in [-0.2, 0) is 24.0 Å². The smallest absolute Gasteiger partial charge is 0.326 e. The summed E-state index contributed by atoms with van der Waals surface area (Å²) in [5.41, 5.74) is 16.4. The number of carboxylic acids is 2. The number of nitrogens with zero attached hydrogens (tertiary/aromatic N) is 1. The van der Waals surface area contributed by atoms with Gasteiger partial charge in [0, 0.05) is 13.0 Å². The Morgan fingerprint density at radius 1 is 0.861 bits per heavy atom. The van der Waals surface area contributed by atoms with E-state index in [-0.39, 0.29) is 43.6 Å². The van der Waals surface area contributed by atoms with Crippen LogP contribution in [-0.4, -0.2) is 76.5 Å². The largest absolute Gasteiger partial charge is 0.481 e. The first-order valence-corrected chi connectivity index (χ1v) is 11.9. The molecular formula is C22H41N7O7. The van der Waals surface area contributed by atoms with E-state index >= 15 is 0 Å². The van der Waals surface area contributed by atoms with E-state index in [1.165, 1.54) is 0 Å². The number of guanidine groups is 1. The number of carbonyl (C=O) groups is 5. The molecule has 0 radical (unpaired) electrons. The summed E-state index contributed by atoms with van der Waals surface area (Å²) in [6.45, 7) is 7.02. The van der Waals surface area contributed by atoms with Gasteiger partial charge in [-0.05, 0) is 31.1 Å². The van der Waals surface area contributed by atoms with E-state index < -0.39 is 60.2 Å². The van der Waals surface area contributed by atoms with Crippen molar-refractivity contribution in [2.75, 3.05) is 6.54 Å². The van der Waals surface area contributed by atoms with Crippen LogP contribution in [0, 0.1) is 11.8 Å². The van der Waals surface area contributed by atoms with Crippen molar-refractivity contribution >= 4 is 35.6 Å². The van der Waals surface area contributed by atoms with Crippen LogP contribution in [0.15, 0.2) is 4.99 Å². The van der Waals surface area contributed by atoms with Crippen LogP contribution in [0.25, 0.3) is 0 Å². The van der Waals surface area contributed by atoms with Gasteiger partial charge in [0.25, 0.3) is 0 Å². The molecule has 0 saturated carbocycles. The van der Waals surface area contributed by atoms with Crippen molar-refractivity contribution in [2.24, 2.45) is 34.0 Å². The van der Waals surface area contributed by atoms with Gasteiger partial charge < -0.3 is 43.4 Å². The topological polar surface area (TPSA) is 252 Å². The number of amides is 3. The molecule has 0 rings (SSSR count). The van der Waals surface area contributed by atoms with Crippen molar-refractivity contribution in [3.63, 3.8) is 0 Å². The number of rotatable bonds is 17. The van der Waals surface area contributed by atoms with Gasteiger partial charge >= 0.3 is 11.9 Å². The Morgan fingerprint density at radius 3 is 1.86 bits per heavy atom. The number of carbonyl (C=O) groups excluding carboxylic acids is 3. The fourth-order valence-electron chi connectivity index (χ4n) is 3.09. The zero-order chi connectivity index (χ0) is 28.0. The van der Waals surface area contributed by atoms with Gasteiger partial charge in [0.05, 0.1) is 6.04 Å². The Bertz CT molecular complexity index is 800. The van der Waals surface area contributed by atoms with E-state index in [1.54, 1.807) is 27.7 Å². The third kappa shape index (κ3) is 12.3. The maximum absolute atomic E-state index is 13.0. The van der Waals surface area contributed by atoms with Crippen molar-refractivity contribution < 1.29 is 34.2 Å². The van der Waals surface area contributed by atoms with Gasteiger partial charge in [-0.15, -0.1) is 0 Å². The minimum absolute atomic E-state index is 0.0479. The van der Waals surface area contributed by atoms with E-state index in [1.807, 2.05) is 0 Å². The van der Waals surface area contributed by atoms with Crippen LogP contribution in [0.2, 0.25) is 0 Å². The highest BCUT2D eigenvalue weighted by Crippen LogP contribution is 2.10. The molecule has 0 fully saturated rings. The molecule has 0 saturated heterocycles. The Morgan fingerprint density at radius 2 is 1.39 bits per heavy atom. The quantitative estimate of drug-likeness (QED) is 0.0630. The Labute approximate surface area is 210 Å². The average molecular weight is 516 g/mol. The molecule has 5 atom stereocenters. The molecule has 0 bridgehead atoms. The average Bonchev–Trinajstić information content (AvgIpc) is 2.79. The maximum Gasteiger partial charge on any atom is 0.326 e. The molecule has 0 aromatic heterocycles. The molecule has 0 aromatic carbocycles. The first kappa shape index (κ1) is 32.6. The third-order valence-corrected chi connectivity index (χ3v) is 5.66. The fraction of sp³-hybridized carbons (Fsp3) is 0.727. The lowest BCUT2D eigenvalue weighted by Crippen LogP contribution is -2.58. The van der Waals surface area contributed by atoms with Crippen molar-refractivity contribution in [3.05, 3.63) is 0 Å². The van der Waals surface area contributed by atoms with E-state index in [9.17, 15) is 29.1 Å².